The average molecular weight is 461 g/mol. The van der Waals surface area contributed by atoms with Gasteiger partial charge in [0.15, 0.2) is 10.0 Å². The van der Waals surface area contributed by atoms with Gasteiger partial charge >= 0.3 is 49.6 Å². The molecule has 96 valence electrons. The van der Waals surface area contributed by atoms with E-state index in [9.17, 15) is 0 Å². The van der Waals surface area contributed by atoms with Crippen LogP contribution in [0.4, 0.5) is 10.0 Å². The topological polar surface area (TPSA) is 55.3 Å². The van der Waals surface area contributed by atoms with E-state index in [2.05, 4.69) is 11.5 Å². The summed E-state index contributed by atoms with van der Waals surface area (Å²) in [5.41, 5.74) is 7.40. The van der Waals surface area contributed by atoms with Crippen LogP contribution in [0.15, 0.2) is 35.0 Å². The van der Waals surface area contributed by atoms with Crippen molar-refractivity contribution in [1.82, 2.24) is 0 Å². The molecule has 0 aliphatic carbocycles. The van der Waals surface area contributed by atoms with Crippen LogP contribution in [0, 0.1) is 0 Å². The first kappa shape index (κ1) is 18.3. The van der Waals surface area contributed by atoms with Crippen molar-refractivity contribution < 1.29 is 11.5 Å². The van der Waals surface area contributed by atoms with E-state index in [0.29, 0.717) is 0 Å². The molecular weight excluding hydrogens is 449 g/mol. The van der Waals surface area contributed by atoms with Crippen LogP contribution in [0.2, 0.25) is 0 Å². The van der Waals surface area contributed by atoms with Crippen molar-refractivity contribution in [2.24, 2.45) is 0 Å². The van der Waals surface area contributed by atoms with Gasteiger partial charge < -0.3 is 11.5 Å². The minimum Gasteiger partial charge on any atom is -0.316 e. The third kappa shape index (κ3) is 17.3. The van der Waals surface area contributed by atoms with Crippen LogP contribution in [0.1, 0.15) is 0 Å². The van der Waals surface area contributed by atoms with Gasteiger partial charge in [-0.15, -0.1) is 0 Å². The first-order valence-corrected chi connectivity index (χ1v) is 20.5. The van der Waals surface area contributed by atoms with Crippen molar-refractivity contribution in [2.75, 3.05) is 0 Å². The van der Waals surface area contributed by atoms with Crippen molar-refractivity contribution in [3.8, 4) is 0 Å². The van der Waals surface area contributed by atoms with Gasteiger partial charge in [0.05, 0.1) is 0 Å². The molecule has 2 heterocycles. The van der Waals surface area contributed by atoms with E-state index in [1.807, 2.05) is 35.0 Å². The normalized spacial score (nSPS) is 9.76. The quantitative estimate of drug-likeness (QED) is 0.564. The summed E-state index contributed by atoms with van der Waals surface area (Å²) < 4.78 is 0. The Morgan fingerprint density at radius 2 is 1.12 bits per heavy atom. The fourth-order valence-corrected chi connectivity index (χ4v) is 1.60. The Kier molecular flexibility index (Phi) is 10.9. The molecule has 2 aromatic heterocycles. The van der Waals surface area contributed by atoms with Crippen molar-refractivity contribution in [2.45, 2.75) is 0 Å². The molecule has 0 aliphatic heterocycles. The molecule has 0 unspecified atom stereocenters. The van der Waals surface area contributed by atoms with Gasteiger partial charge in [0.25, 0.3) is 0 Å². The van der Waals surface area contributed by atoms with Crippen LogP contribution in [-0.4, -0.2) is 13.9 Å². The molecule has 9 heteroatoms. The molecule has 17 heavy (non-hydrogen) atoms. The van der Waals surface area contributed by atoms with Crippen molar-refractivity contribution >= 4 is 82.2 Å². The molecule has 2 nitrogen and oxygen atoms in total. The first-order chi connectivity index (χ1) is 7.79. The monoisotopic (exact) mass is 460 g/mol. The number of quaternary nitrogens is 2. The Labute approximate surface area is 127 Å². The van der Waals surface area contributed by atoms with Gasteiger partial charge in [-0.25, -0.2) is 0 Å². The Bertz CT molecular complexity index is 336. The average Bonchev–Trinajstić information content (AvgIpc) is 2.76. The molecular formula is C8H12Cl4N2S2Sn+2. The van der Waals surface area contributed by atoms with E-state index in [0.717, 1.165) is 10.0 Å². The van der Waals surface area contributed by atoms with Crippen LogP contribution < -0.4 is 11.5 Å². The number of thiophene rings is 2. The van der Waals surface area contributed by atoms with E-state index < -0.39 is 13.9 Å². The molecule has 0 bridgehead atoms. The van der Waals surface area contributed by atoms with Crippen molar-refractivity contribution in [3.05, 3.63) is 35.0 Å². The molecule has 0 saturated heterocycles. The maximum absolute atomic E-state index is 5.04. The van der Waals surface area contributed by atoms with Gasteiger partial charge in [-0.1, -0.05) is 22.7 Å². The summed E-state index contributed by atoms with van der Waals surface area (Å²) in [6.07, 6.45) is 0. The summed E-state index contributed by atoms with van der Waals surface area (Å²) in [5, 5.41) is 6.30. The van der Waals surface area contributed by atoms with Crippen LogP contribution >= 0.6 is 58.4 Å². The second-order valence-corrected chi connectivity index (χ2v) is 30.1. The zero-order valence-electron chi connectivity index (χ0n) is 8.71. The molecule has 0 spiro atoms. The van der Waals surface area contributed by atoms with Crippen LogP contribution in [0.5, 0.6) is 0 Å². The fourth-order valence-electron chi connectivity index (χ4n) is 0.625. The zero-order valence-corrected chi connectivity index (χ0v) is 16.2. The largest absolute Gasteiger partial charge is 0.316 e. The van der Waals surface area contributed by atoms with Gasteiger partial charge in [0, 0.05) is 12.1 Å². The number of rotatable bonds is 0. The van der Waals surface area contributed by atoms with Gasteiger partial charge in [0.1, 0.15) is 0 Å². The van der Waals surface area contributed by atoms with E-state index in [1.165, 1.54) is 0 Å². The SMILES string of the molecule is [Cl][Sn]([Cl])([Cl])[Cl].[NH3+]c1cccs1.[NH3+]c1cccs1. The summed E-state index contributed by atoms with van der Waals surface area (Å²) in [4.78, 5) is 0. The molecule has 0 fully saturated rings. The summed E-state index contributed by atoms with van der Waals surface area (Å²) in [7, 11) is 20.1. The van der Waals surface area contributed by atoms with E-state index in [-0.39, 0.29) is 0 Å². The van der Waals surface area contributed by atoms with Crippen molar-refractivity contribution in [1.29, 1.82) is 0 Å². The summed E-state index contributed by atoms with van der Waals surface area (Å²) in [6, 6.07) is 7.97. The Morgan fingerprint density at radius 3 is 1.18 bits per heavy atom. The van der Waals surface area contributed by atoms with E-state index >= 15 is 0 Å². The summed E-state index contributed by atoms with van der Waals surface area (Å²) in [5.74, 6) is 0. The summed E-state index contributed by atoms with van der Waals surface area (Å²) in [6.45, 7) is 0. The van der Waals surface area contributed by atoms with Crippen molar-refractivity contribution in [3.63, 3.8) is 0 Å². The third-order valence-corrected chi connectivity index (χ3v) is 2.62. The predicted octanol–water partition coefficient (Wildman–Crippen LogP) is 3.62. The van der Waals surface area contributed by atoms with Gasteiger partial charge in [-0.2, -0.15) is 0 Å². The Morgan fingerprint density at radius 1 is 0.824 bits per heavy atom. The molecule has 0 radical (unpaired) electrons. The number of halogens is 4. The van der Waals surface area contributed by atoms with Crippen LogP contribution in [-0.2, 0) is 0 Å². The van der Waals surface area contributed by atoms with Gasteiger partial charge in [-0.3, -0.25) is 0 Å². The molecule has 2 aromatic rings. The maximum atomic E-state index is 5.04. The second-order valence-electron chi connectivity index (χ2n) is 2.59. The minimum atomic E-state index is -3.29. The Balaban J connectivity index is 0.000000228. The minimum absolute atomic E-state index is 1.13. The molecule has 0 amide bonds. The maximum Gasteiger partial charge on any atom is 0.183 e. The van der Waals surface area contributed by atoms with E-state index in [4.69, 9.17) is 35.7 Å². The smallest absolute Gasteiger partial charge is 0.183 e. The molecule has 0 atom stereocenters. The molecule has 0 saturated carbocycles. The molecule has 0 aromatic carbocycles. The Hall–Kier alpha value is 1.28. The van der Waals surface area contributed by atoms with Crippen LogP contribution in [0.25, 0.3) is 0 Å². The zero-order chi connectivity index (χ0) is 13.3. The number of hydrogen-bond donors (Lipinski definition) is 2. The molecule has 6 N–H and O–H groups in total. The number of hydrogen-bond acceptors (Lipinski definition) is 2. The second kappa shape index (κ2) is 10.1. The fraction of sp³-hybridized carbons (Fsp3) is 0. The first-order valence-electron chi connectivity index (χ1n) is 4.25. The van der Waals surface area contributed by atoms with E-state index in [1.54, 1.807) is 22.7 Å². The van der Waals surface area contributed by atoms with Gasteiger partial charge in [-0.05, 0) is 22.9 Å². The van der Waals surface area contributed by atoms with Crippen LogP contribution in [0.3, 0.4) is 0 Å². The summed E-state index contributed by atoms with van der Waals surface area (Å²) >= 11 is 0.0422. The molecule has 0 aliphatic rings. The molecule has 2 rings (SSSR count). The van der Waals surface area contributed by atoms with Gasteiger partial charge in [0.2, 0.25) is 0 Å². The predicted molar refractivity (Wildman–Crippen MR) is 82.9 cm³/mol. The third-order valence-electron chi connectivity index (χ3n) is 1.16. The standard InChI is InChI=1S/2C4H5NS.4ClH.Sn/c2*5-4-2-1-3-6-4;;;;;/h2*1-3H,5H2;4*1H;/q;;;;;;+4/p-2.